The van der Waals surface area contributed by atoms with Crippen molar-refractivity contribution in [2.45, 2.75) is 45.3 Å². The molecule has 1 aromatic heterocycles. The second-order valence-electron chi connectivity index (χ2n) is 6.80. The third-order valence-electron chi connectivity index (χ3n) is 4.02. The Labute approximate surface area is 125 Å². The summed E-state index contributed by atoms with van der Waals surface area (Å²) >= 11 is 0. The molecule has 114 valence electrons. The molecule has 0 saturated carbocycles. The molecule has 1 aromatic rings. The molecule has 0 bridgehead atoms. The third-order valence-corrected chi connectivity index (χ3v) is 4.02. The summed E-state index contributed by atoms with van der Waals surface area (Å²) in [5.74, 6) is 1.09. The minimum Gasteiger partial charge on any atom is -0.444 e. The molecule has 0 unspecified atom stereocenters. The fourth-order valence-corrected chi connectivity index (χ4v) is 3.08. The highest BCUT2D eigenvalue weighted by atomic mass is 16.6. The summed E-state index contributed by atoms with van der Waals surface area (Å²) in [4.78, 5) is 20.9. The van der Waals surface area contributed by atoms with Gasteiger partial charge in [0.1, 0.15) is 11.4 Å². The number of anilines is 1. The number of fused-ring (bicyclic) bond motifs is 3. The number of hydrogen-bond donors (Lipinski definition) is 0. The van der Waals surface area contributed by atoms with Crippen molar-refractivity contribution < 1.29 is 9.53 Å². The van der Waals surface area contributed by atoms with Crippen LogP contribution in [0.4, 0.5) is 10.6 Å². The lowest BCUT2D eigenvalue weighted by Crippen LogP contribution is -2.57. The predicted molar refractivity (Wildman–Crippen MR) is 81.5 cm³/mol. The van der Waals surface area contributed by atoms with E-state index in [0.29, 0.717) is 12.6 Å². The van der Waals surface area contributed by atoms with Crippen LogP contribution in [-0.2, 0) is 11.2 Å². The lowest BCUT2D eigenvalue weighted by Gasteiger charge is -2.45. The Bertz CT molecular complexity index is 539. The van der Waals surface area contributed by atoms with Crippen molar-refractivity contribution >= 4 is 11.9 Å². The van der Waals surface area contributed by atoms with E-state index in [1.54, 1.807) is 0 Å². The largest absolute Gasteiger partial charge is 0.444 e. The summed E-state index contributed by atoms with van der Waals surface area (Å²) in [5.41, 5.74) is 0.883. The summed E-state index contributed by atoms with van der Waals surface area (Å²) in [5, 5.41) is 0. The van der Waals surface area contributed by atoms with E-state index in [2.05, 4.69) is 16.0 Å². The van der Waals surface area contributed by atoms with Crippen LogP contribution in [0.15, 0.2) is 18.3 Å². The molecule has 3 rings (SSSR count). The van der Waals surface area contributed by atoms with Crippen molar-refractivity contribution in [2.75, 3.05) is 24.5 Å². The maximum absolute atomic E-state index is 12.2. The molecular formula is C16H23N3O2. The zero-order valence-electron chi connectivity index (χ0n) is 13.0. The number of aromatic nitrogens is 1. The van der Waals surface area contributed by atoms with Crippen molar-refractivity contribution in [1.29, 1.82) is 0 Å². The van der Waals surface area contributed by atoms with Crippen LogP contribution < -0.4 is 4.90 Å². The third kappa shape index (κ3) is 2.96. The van der Waals surface area contributed by atoms with Crippen LogP contribution >= 0.6 is 0 Å². The van der Waals surface area contributed by atoms with Gasteiger partial charge in [-0.25, -0.2) is 9.78 Å². The molecule has 2 aliphatic heterocycles. The SMILES string of the molecule is CC(C)(C)OC(=O)N1CCN2c3ncccc3CC[C@@H]2C1. The van der Waals surface area contributed by atoms with Crippen LogP contribution in [0.25, 0.3) is 0 Å². The number of hydrogen-bond acceptors (Lipinski definition) is 4. The Kier molecular flexibility index (Phi) is 3.51. The van der Waals surface area contributed by atoms with Crippen molar-refractivity contribution in [3.8, 4) is 0 Å². The lowest BCUT2D eigenvalue weighted by atomic mass is 9.96. The minimum absolute atomic E-state index is 0.200. The van der Waals surface area contributed by atoms with Gasteiger partial charge in [-0.3, -0.25) is 0 Å². The van der Waals surface area contributed by atoms with Crippen molar-refractivity contribution in [1.82, 2.24) is 9.88 Å². The molecule has 1 atom stereocenters. The quantitative estimate of drug-likeness (QED) is 0.736. The van der Waals surface area contributed by atoms with Crippen LogP contribution in [0.3, 0.4) is 0 Å². The Balaban J connectivity index is 1.70. The van der Waals surface area contributed by atoms with Crippen molar-refractivity contribution in [2.24, 2.45) is 0 Å². The highest BCUT2D eigenvalue weighted by Crippen LogP contribution is 2.30. The average Bonchev–Trinajstić information content (AvgIpc) is 2.44. The molecule has 5 nitrogen and oxygen atoms in total. The van der Waals surface area contributed by atoms with Crippen molar-refractivity contribution in [3.05, 3.63) is 23.9 Å². The van der Waals surface area contributed by atoms with E-state index in [-0.39, 0.29) is 6.09 Å². The molecule has 0 spiro atoms. The van der Waals surface area contributed by atoms with Crippen LogP contribution in [0.5, 0.6) is 0 Å². The van der Waals surface area contributed by atoms with Gasteiger partial charge in [0.15, 0.2) is 0 Å². The van der Waals surface area contributed by atoms with Crippen LogP contribution in [-0.4, -0.2) is 47.3 Å². The maximum Gasteiger partial charge on any atom is 0.410 e. The zero-order valence-corrected chi connectivity index (χ0v) is 13.0. The number of carbonyl (C=O) groups is 1. The molecular weight excluding hydrogens is 266 g/mol. The van der Waals surface area contributed by atoms with E-state index in [4.69, 9.17) is 4.74 Å². The van der Waals surface area contributed by atoms with E-state index >= 15 is 0 Å². The average molecular weight is 289 g/mol. The topological polar surface area (TPSA) is 45.7 Å². The summed E-state index contributed by atoms with van der Waals surface area (Å²) < 4.78 is 5.48. The molecule has 1 fully saturated rings. The molecule has 3 heterocycles. The number of rotatable bonds is 0. The first kappa shape index (κ1) is 14.2. The zero-order chi connectivity index (χ0) is 15.0. The van der Waals surface area contributed by atoms with Gasteiger partial charge >= 0.3 is 6.09 Å². The van der Waals surface area contributed by atoms with Gasteiger partial charge in [-0.05, 0) is 45.2 Å². The number of ether oxygens (including phenoxy) is 1. The van der Waals surface area contributed by atoms with E-state index in [9.17, 15) is 4.79 Å². The lowest BCUT2D eigenvalue weighted by molar-refractivity contribution is 0.0210. The number of carbonyl (C=O) groups excluding carboxylic acids is 1. The molecule has 1 saturated heterocycles. The van der Waals surface area contributed by atoms with Gasteiger partial charge in [-0.1, -0.05) is 6.07 Å². The molecule has 0 aromatic carbocycles. The predicted octanol–water partition coefficient (Wildman–Crippen LogP) is 2.45. The number of amides is 1. The number of piperazine rings is 1. The Morgan fingerprint density at radius 2 is 2.19 bits per heavy atom. The summed E-state index contributed by atoms with van der Waals surface area (Å²) in [6.07, 6.45) is 3.75. The maximum atomic E-state index is 12.2. The van der Waals surface area contributed by atoms with E-state index in [0.717, 1.165) is 31.7 Å². The molecule has 5 heteroatoms. The first-order chi connectivity index (χ1) is 9.94. The Morgan fingerprint density at radius 3 is 2.95 bits per heavy atom. The van der Waals surface area contributed by atoms with E-state index in [1.165, 1.54) is 5.56 Å². The molecule has 2 aliphatic rings. The van der Waals surface area contributed by atoms with Gasteiger partial charge in [0.25, 0.3) is 0 Å². The monoisotopic (exact) mass is 289 g/mol. The van der Waals surface area contributed by atoms with E-state index in [1.807, 2.05) is 37.9 Å². The van der Waals surface area contributed by atoms with Gasteiger partial charge in [0.2, 0.25) is 0 Å². The highest BCUT2D eigenvalue weighted by molar-refractivity contribution is 5.69. The Hall–Kier alpha value is -1.78. The summed E-state index contributed by atoms with van der Waals surface area (Å²) in [7, 11) is 0. The molecule has 0 radical (unpaired) electrons. The van der Waals surface area contributed by atoms with Crippen LogP contribution in [0, 0.1) is 0 Å². The summed E-state index contributed by atoms with van der Waals surface area (Å²) in [6.45, 7) is 7.96. The van der Waals surface area contributed by atoms with Crippen molar-refractivity contribution in [3.63, 3.8) is 0 Å². The number of nitrogens with zero attached hydrogens (tertiary/aromatic N) is 3. The van der Waals surface area contributed by atoms with E-state index < -0.39 is 5.60 Å². The number of aryl methyl sites for hydroxylation is 1. The first-order valence-corrected chi connectivity index (χ1v) is 7.62. The second-order valence-corrected chi connectivity index (χ2v) is 6.80. The molecule has 1 amide bonds. The smallest absolute Gasteiger partial charge is 0.410 e. The van der Waals surface area contributed by atoms with Gasteiger partial charge in [0.05, 0.1) is 0 Å². The van der Waals surface area contributed by atoms with Gasteiger partial charge in [-0.2, -0.15) is 0 Å². The van der Waals surface area contributed by atoms with Crippen LogP contribution in [0.1, 0.15) is 32.8 Å². The normalized spacial score (nSPS) is 21.6. The molecule has 21 heavy (non-hydrogen) atoms. The first-order valence-electron chi connectivity index (χ1n) is 7.62. The number of pyridine rings is 1. The molecule has 0 N–H and O–H groups in total. The fraction of sp³-hybridized carbons (Fsp3) is 0.625. The van der Waals surface area contributed by atoms with Gasteiger partial charge in [0, 0.05) is 31.9 Å². The van der Waals surface area contributed by atoms with Crippen LogP contribution in [0.2, 0.25) is 0 Å². The fourth-order valence-electron chi connectivity index (χ4n) is 3.08. The second kappa shape index (κ2) is 5.20. The summed E-state index contributed by atoms with van der Waals surface area (Å²) in [6, 6.07) is 4.50. The molecule has 0 aliphatic carbocycles. The standard InChI is InChI=1S/C16H23N3O2/c1-16(2,3)21-15(20)18-9-10-19-13(11-18)7-6-12-5-4-8-17-14(12)19/h4-5,8,13H,6-7,9-11H2,1-3H3/t13-/m1/s1. The van der Waals surface area contributed by atoms with Gasteiger partial charge < -0.3 is 14.5 Å². The Morgan fingerprint density at radius 1 is 1.38 bits per heavy atom. The highest BCUT2D eigenvalue weighted by Gasteiger charge is 2.35. The van der Waals surface area contributed by atoms with Gasteiger partial charge in [-0.15, -0.1) is 0 Å². The minimum atomic E-state index is -0.436.